The van der Waals surface area contributed by atoms with Gasteiger partial charge in [0.05, 0.1) is 10.5 Å². The maximum absolute atomic E-state index is 10.8. The molecular formula is C18H21N5O3. The van der Waals surface area contributed by atoms with Crippen molar-refractivity contribution in [2.24, 2.45) is 10.9 Å². The lowest BCUT2D eigenvalue weighted by atomic mass is 10.1. The predicted octanol–water partition coefficient (Wildman–Crippen LogP) is 2.82. The van der Waals surface area contributed by atoms with Gasteiger partial charge in [-0.2, -0.15) is 0 Å². The van der Waals surface area contributed by atoms with Crippen LogP contribution >= 0.6 is 0 Å². The Morgan fingerprint density at radius 2 is 2.08 bits per heavy atom. The van der Waals surface area contributed by atoms with Crippen LogP contribution in [0.25, 0.3) is 0 Å². The van der Waals surface area contributed by atoms with E-state index in [1.54, 1.807) is 18.3 Å². The van der Waals surface area contributed by atoms with E-state index >= 15 is 0 Å². The largest absolute Gasteiger partial charge is 0.389 e. The van der Waals surface area contributed by atoms with E-state index in [1.807, 2.05) is 12.1 Å². The molecule has 3 rings (SSSR count). The van der Waals surface area contributed by atoms with Gasteiger partial charge in [-0.05, 0) is 37.0 Å². The van der Waals surface area contributed by atoms with Gasteiger partial charge >= 0.3 is 0 Å². The highest BCUT2D eigenvalue weighted by Gasteiger charge is 2.17. The molecule has 0 saturated carbocycles. The Hall–Kier alpha value is -3.16. The third kappa shape index (κ3) is 4.27. The second kappa shape index (κ2) is 8.28. The molecular weight excluding hydrogens is 334 g/mol. The topological polar surface area (TPSA) is 107 Å². The normalized spacial score (nSPS) is 14.9. The number of rotatable bonds is 6. The van der Waals surface area contributed by atoms with E-state index in [0.29, 0.717) is 5.56 Å². The molecule has 136 valence electrons. The van der Waals surface area contributed by atoms with E-state index in [-0.39, 0.29) is 18.1 Å². The molecule has 2 N–H and O–H groups in total. The molecule has 2 aromatic rings. The minimum Gasteiger partial charge on any atom is -0.389 e. The molecule has 1 aliphatic heterocycles. The smallest absolute Gasteiger partial charge is 0.269 e. The van der Waals surface area contributed by atoms with Crippen LogP contribution in [0.2, 0.25) is 0 Å². The first-order valence-electron chi connectivity index (χ1n) is 8.54. The first-order valence-corrected chi connectivity index (χ1v) is 8.54. The standard InChI is InChI=1S/C18H21N5O3/c19-17(21-26-13-14-6-4-7-15(12-14)23(24)25)16-8-5-9-20-18(16)22-10-2-1-3-11-22/h4-9,12H,1-3,10-11,13H2,(H2,19,21). The van der Waals surface area contributed by atoms with Gasteiger partial charge in [0.2, 0.25) is 0 Å². The summed E-state index contributed by atoms with van der Waals surface area (Å²) in [5.74, 6) is 1.05. The van der Waals surface area contributed by atoms with E-state index in [0.717, 1.165) is 37.3 Å². The number of piperidine rings is 1. The van der Waals surface area contributed by atoms with Crippen LogP contribution in [-0.4, -0.2) is 28.8 Å². The quantitative estimate of drug-likeness (QED) is 0.369. The van der Waals surface area contributed by atoms with Crippen molar-refractivity contribution in [3.8, 4) is 0 Å². The highest BCUT2D eigenvalue weighted by Crippen LogP contribution is 2.21. The third-order valence-corrected chi connectivity index (χ3v) is 4.23. The summed E-state index contributed by atoms with van der Waals surface area (Å²) in [5.41, 5.74) is 7.49. The van der Waals surface area contributed by atoms with Gasteiger partial charge in [-0.3, -0.25) is 10.1 Å². The maximum atomic E-state index is 10.8. The first-order chi connectivity index (χ1) is 12.6. The van der Waals surface area contributed by atoms with Crippen molar-refractivity contribution in [3.63, 3.8) is 0 Å². The summed E-state index contributed by atoms with van der Waals surface area (Å²) in [6.07, 6.45) is 5.24. The number of anilines is 1. The van der Waals surface area contributed by atoms with Crippen LogP contribution in [0.4, 0.5) is 11.5 Å². The Morgan fingerprint density at radius 1 is 1.27 bits per heavy atom. The number of nitrogens with two attached hydrogens (primary N) is 1. The molecule has 8 nitrogen and oxygen atoms in total. The summed E-state index contributed by atoms with van der Waals surface area (Å²) in [5, 5.41) is 14.8. The van der Waals surface area contributed by atoms with Crippen LogP contribution in [-0.2, 0) is 11.4 Å². The molecule has 0 radical (unpaired) electrons. The number of pyridine rings is 1. The molecule has 0 atom stereocenters. The number of oxime groups is 1. The second-order valence-corrected chi connectivity index (χ2v) is 6.10. The van der Waals surface area contributed by atoms with Crippen molar-refractivity contribution in [1.29, 1.82) is 0 Å². The number of nitro groups is 1. The fourth-order valence-corrected chi connectivity index (χ4v) is 2.94. The number of hydrogen-bond acceptors (Lipinski definition) is 6. The molecule has 0 aliphatic carbocycles. The molecule has 0 amide bonds. The molecule has 1 fully saturated rings. The van der Waals surface area contributed by atoms with Crippen molar-refractivity contribution < 1.29 is 9.76 Å². The first kappa shape index (κ1) is 17.7. The molecule has 8 heteroatoms. The number of aromatic nitrogens is 1. The van der Waals surface area contributed by atoms with E-state index in [1.165, 1.54) is 18.6 Å². The molecule has 2 heterocycles. The van der Waals surface area contributed by atoms with Gasteiger partial charge < -0.3 is 15.5 Å². The summed E-state index contributed by atoms with van der Waals surface area (Å²) in [4.78, 5) is 22.3. The van der Waals surface area contributed by atoms with Gasteiger partial charge in [-0.1, -0.05) is 17.3 Å². The van der Waals surface area contributed by atoms with Gasteiger partial charge in [-0.15, -0.1) is 0 Å². The Morgan fingerprint density at radius 3 is 2.85 bits per heavy atom. The lowest BCUT2D eigenvalue weighted by molar-refractivity contribution is -0.384. The van der Waals surface area contributed by atoms with Crippen molar-refractivity contribution in [2.75, 3.05) is 18.0 Å². The van der Waals surface area contributed by atoms with Crippen LogP contribution in [0.3, 0.4) is 0 Å². The zero-order valence-electron chi connectivity index (χ0n) is 14.4. The van der Waals surface area contributed by atoms with Gasteiger partial charge in [0.15, 0.2) is 5.84 Å². The van der Waals surface area contributed by atoms with Crippen LogP contribution in [0, 0.1) is 10.1 Å². The highest BCUT2D eigenvalue weighted by molar-refractivity contribution is 6.01. The molecule has 1 aromatic heterocycles. The maximum Gasteiger partial charge on any atom is 0.269 e. The van der Waals surface area contributed by atoms with Crippen LogP contribution in [0.1, 0.15) is 30.4 Å². The Kier molecular flexibility index (Phi) is 5.62. The predicted molar refractivity (Wildman–Crippen MR) is 98.9 cm³/mol. The fraction of sp³-hybridized carbons (Fsp3) is 0.333. The lowest BCUT2D eigenvalue weighted by Crippen LogP contribution is -2.32. The third-order valence-electron chi connectivity index (χ3n) is 4.23. The molecule has 0 bridgehead atoms. The summed E-state index contributed by atoms with van der Waals surface area (Å²) >= 11 is 0. The summed E-state index contributed by atoms with van der Waals surface area (Å²) in [6, 6.07) is 9.91. The van der Waals surface area contributed by atoms with E-state index in [4.69, 9.17) is 10.6 Å². The minimum absolute atomic E-state index is 0.0164. The van der Waals surface area contributed by atoms with E-state index in [9.17, 15) is 10.1 Å². The lowest BCUT2D eigenvalue weighted by Gasteiger charge is -2.29. The minimum atomic E-state index is -0.443. The van der Waals surface area contributed by atoms with Crippen molar-refractivity contribution in [3.05, 3.63) is 63.8 Å². The number of nitrogens with zero attached hydrogens (tertiary/aromatic N) is 4. The SMILES string of the molecule is N/C(=N/OCc1cccc([N+](=O)[O-])c1)c1cccnc1N1CCCCC1. The van der Waals surface area contributed by atoms with Crippen LogP contribution < -0.4 is 10.6 Å². The van der Waals surface area contributed by atoms with Gasteiger partial charge in [0, 0.05) is 31.4 Å². The number of hydrogen-bond donors (Lipinski definition) is 1. The summed E-state index contributed by atoms with van der Waals surface area (Å²) in [7, 11) is 0. The Balaban J connectivity index is 1.70. The van der Waals surface area contributed by atoms with Crippen molar-refractivity contribution in [1.82, 2.24) is 4.98 Å². The molecule has 1 aromatic carbocycles. The van der Waals surface area contributed by atoms with E-state index in [2.05, 4.69) is 15.0 Å². The number of amidine groups is 1. The summed E-state index contributed by atoms with van der Waals surface area (Å²) < 4.78 is 0. The molecule has 1 aliphatic rings. The fourth-order valence-electron chi connectivity index (χ4n) is 2.94. The van der Waals surface area contributed by atoms with Crippen molar-refractivity contribution >= 4 is 17.3 Å². The molecule has 0 unspecified atom stereocenters. The second-order valence-electron chi connectivity index (χ2n) is 6.10. The van der Waals surface area contributed by atoms with E-state index < -0.39 is 4.92 Å². The average molecular weight is 355 g/mol. The zero-order chi connectivity index (χ0) is 18.4. The van der Waals surface area contributed by atoms with Crippen LogP contribution in [0.15, 0.2) is 47.8 Å². The zero-order valence-corrected chi connectivity index (χ0v) is 14.4. The number of benzene rings is 1. The highest BCUT2D eigenvalue weighted by atomic mass is 16.6. The Bertz CT molecular complexity index is 803. The molecule has 0 spiro atoms. The average Bonchev–Trinajstić information content (AvgIpc) is 2.69. The van der Waals surface area contributed by atoms with Crippen LogP contribution in [0.5, 0.6) is 0 Å². The van der Waals surface area contributed by atoms with Crippen molar-refractivity contribution in [2.45, 2.75) is 25.9 Å². The molecule has 1 saturated heterocycles. The summed E-state index contributed by atoms with van der Waals surface area (Å²) in [6.45, 7) is 2.00. The van der Waals surface area contributed by atoms with Gasteiger partial charge in [0.1, 0.15) is 12.4 Å². The number of non-ortho nitro benzene ring substituents is 1. The monoisotopic (exact) mass is 355 g/mol. The molecule has 26 heavy (non-hydrogen) atoms. The van der Waals surface area contributed by atoms with Gasteiger partial charge in [-0.25, -0.2) is 4.98 Å². The van der Waals surface area contributed by atoms with Gasteiger partial charge in [0.25, 0.3) is 5.69 Å². The number of nitro benzene ring substituents is 1. The Labute approximate surface area is 151 Å².